The number of pyridine rings is 1. The van der Waals surface area contributed by atoms with Gasteiger partial charge < -0.3 is 24.2 Å². The highest BCUT2D eigenvalue weighted by Gasteiger charge is 2.30. The van der Waals surface area contributed by atoms with E-state index in [0.717, 1.165) is 46.7 Å². The number of aromatic carboxylic acids is 1. The van der Waals surface area contributed by atoms with Gasteiger partial charge in [0.05, 0.1) is 20.8 Å². The van der Waals surface area contributed by atoms with Gasteiger partial charge in [0.15, 0.2) is 11.5 Å². The van der Waals surface area contributed by atoms with E-state index in [2.05, 4.69) is 17.3 Å². The van der Waals surface area contributed by atoms with Crippen LogP contribution in [0.5, 0.6) is 11.5 Å². The molecule has 0 amide bonds. The Morgan fingerprint density at radius 3 is 2.38 bits per heavy atom. The molecule has 2 aromatic heterocycles. The molecule has 1 fully saturated rings. The van der Waals surface area contributed by atoms with E-state index in [1.165, 1.54) is 26.6 Å². The van der Waals surface area contributed by atoms with Gasteiger partial charge in [-0.25, -0.2) is 9.59 Å². The van der Waals surface area contributed by atoms with Crippen LogP contribution < -0.4 is 19.5 Å². The topological polar surface area (TPSA) is 121 Å². The Balaban J connectivity index is 1.47. The molecule has 1 aliphatic rings. The molecule has 48 heavy (non-hydrogen) atoms. The first-order chi connectivity index (χ1) is 23.1. The summed E-state index contributed by atoms with van der Waals surface area (Å²) in [6.45, 7) is 2.41. The van der Waals surface area contributed by atoms with Gasteiger partial charge in [0.25, 0.3) is 0 Å². The molecule has 3 atom stereocenters. The molecule has 0 aliphatic carbocycles. The molecule has 254 valence electrons. The number of thiophene rings is 1. The van der Waals surface area contributed by atoms with E-state index >= 15 is 0 Å². The summed E-state index contributed by atoms with van der Waals surface area (Å²) in [4.78, 5) is 29.2. The minimum atomic E-state index is -1.09. The van der Waals surface area contributed by atoms with E-state index in [1.807, 2.05) is 42.5 Å². The summed E-state index contributed by atoms with van der Waals surface area (Å²) < 4.78 is 17.6. The van der Waals surface area contributed by atoms with Gasteiger partial charge in [-0.05, 0) is 61.3 Å². The van der Waals surface area contributed by atoms with Crippen molar-refractivity contribution in [2.75, 3.05) is 41.0 Å². The number of nitrogens with zero attached hydrogens (tertiary/aromatic N) is 2. The lowest BCUT2D eigenvalue weighted by Gasteiger charge is -2.20. The molecule has 3 N–H and O–H groups in total. The number of carbonyl (C=O) groups excluding carboxylic acids is 1. The van der Waals surface area contributed by atoms with Crippen molar-refractivity contribution >= 4 is 46.5 Å². The molecule has 10 nitrogen and oxygen atoms in total. The van der Waals surface area contributed by atoms with Crippen LogP contribution in [0, 0.1) is 5.92 Å². The number of methoxy groups -OCH3 is 2. The number of esters is 1. The second kappa shape index (κ2) is 16.0. The van der Waals surface area contributed by atoms with E-state index in [-0.39, 0.29) is 39.8 Å². The van der Waals surface area contributed by atoms with Crippen molar-refractivity contribution in [3.05, 3.63) is 109 Å². The highest BCUT2D eigenvalue weighted by atomic mass is 35.5. The zero-order valence-electron chi connectivity index (χ0n) is 26.8. The Hall–Kier alpha value is -3.87. The second-order valence-corrected chi connectivity index (χ2v) is 13.7. The van der Waals surface area contributed by atoms with Crippen molar-refractivity contribution in [2.24, 2.45) is 5.92 Å². The molecule has 1 saturated heterocycles. The number of likely N-dealkylation sites (tertiary alicyclic amines) is 1. The summed E-state index contributed by atoms with van der Waals surface area (Å²) in [5.41, 5.74) is 2.56. The number of carbonyl (C=O) groups is 2. The molecule has 5 rings (SSSR count). The maximum absolute atomic E-state index is 13.4. The molecule has 0 saturated carbocycles. The van der Waals surface area contributed by atoms with Gasteiger partial charge >= 0.3 is 11.9 Å². The van der Waals surface area contributed by atoms with Crippen LogP contribution in [0.3, 0.4) is 0 Å². The fourth-order valence-corrected chi connectivity index (χ4v) is 7.63. The van der Waals surface area contributed by atoms with Gasteiger partial charge in [0.1, 0.15) is 21.0 Å². The van der Waals surface area contributed by atoms with E-state index in [4.69, 9.17) is 37.4 Å². The highest BCUT2D eigenvalue weighted by molar-refractivity contribution is 7.14. The number of rotatable bonds is 14. The standard InChI is InChI=1S/C35H37Cl2N3O7S/c1-39-12-11-21(17-39)20-47-35(43)32(22-7-5-4-6-8-22)38-16-24-14-26(33(48-24)34(41)42)25(15-27-28(36)18-40(44)19-29(27)37)23-9-10-30(45-2)31(13-23)46-3/h4-10,13-14,18-19,21,25,32,38H,11-12,15-17,20H2,1-3H3,(H-,41,42,44)/p+1/t21-,25+,32?/m1/s1. The predicted molar refractivity (Wildman–Crippen MR) is 183 cm³/mol. The zero-order valence-corrected chi connectivity index (χ0v) is 29.1. The monoisotopic (exact) mass is 714 g/mol. The van der Waals surface area contributed by atoms with Crippen LogP contribution >= 0.6 is 34.5 Å². The van der Waals surface area contributed by atoms with E-state index < -0.39 is 17.9 Å². The summed E-state index contributed by atoms with van der Waals surface area (Å²) >= 11 is 14.2. The summed E-state index contributed by atoms with van der Waals surface area (Å²) in [7, 11) is 5.12. The number of hydrogen-bond acceptors (Lipinski definition) is 9. The van der Waals surface area contributed by atoms with Crippen LogP contribution in [0.4, 0.5) is 0 Å². The van der Waals surface area contributed by atoms with Crippen molar-refractivity contribution in [3.63, 3.8) is 0 Å². The second-order valence-electron chi connectivity index (χ2n) is 11.8. The number of carboxylic acid groups (broad SMARTS) is 1. The third kappa shape index (κ3) is 8.40. The van der Waals surface area contributed by atoms with Crippen LogP contribution in [0.2, 0.25) is 10.0 Å². The number of carboxylic acids is 1. The fourth-order valence-electron chi connectivity index (χ4n) is 6.02. The molecule has 3 heterocycles. The Labute approximate surface area is 293 Å². The van der Waals surface area contributed by atoms with Crippen molar-refractivity contribution < 1.29 is 38.8 Å². The van der Waals surface area contributed by atoms with Gasteiger partial charge in [0.2, 0.25) is 12.4 Å². The van der Waals surface area contributed by atoms with Crippen LogP contribution in [0.15, 0.2) is 67.0 Å². The summed E-state index contributed by atoms with van der Waals surface area (Å²) in [6, 6.07) is 15.8. The first kappa shape index (κ1) is 35.4. The number of benzene rings is 2. The van der Waals surface area contributed by atoms with Crippen LogP contribution in [-0.2, 0) is 22.5 Å². The molecule has 0 radical (unpaired) electrons. The highest BCUT2D eigenvalue weighted by Crippen LogP contribution is 2.41. The zero-order chi connectivity index (χ0) is 34.4. The minimum absolute atomic E-state index is 0.135. The average molecular weight is 716 g/mol. The molecular weight excluding hydrogens is 677 g/mol. The third-order valence-corrected chi connectivity index (χ3v) is 10.3. The number of aromatic nitrogens is 1. The van der Waals surface area contributed by atoms with Crippen LogP contribution in [0.1, 0.15) is 55.2 Å². The Morgan fingerprint density at radius 1 is 1.04 bits per heavy atom. The first-order valence-corrected chi connectivity index (χ1v) is 16.9. The maximum atomic E-state index is 13.4. The molecule has 0 bridgehead atoms. The molecule has 1 unspecified atom stereocenters. The summed E-state index contributed by atoms with van der Waals surface area (Å²) in [5, 5.41) is 24.1. The van der Waals surface area contributed by atoms with E-state index in [0.29, 0.717) is 34.1 Å². The predicted octanol–water partition coefficient (Wildman–Crippen LogP) is 6.00. The van der Waals surface area contributed by atoms with Gasteiger partial charge in [-0.1, -0.05) is 59.6 Å². The average Bonchev–Trinajstić information content (AvgIpc) is 3.69. The lowest BCUT2D eigenvalue weighted by molar-refractivity contribution is -0.904. The van der Waals surface area contributed by atoms with Crippen molar-refractivity contribution in [1.82, 2.24) is 10.2 Å². The summed E-state index contributed by atoms with van der Waals surface area (Å²) in [5.74, 6) is -0.735. The van der Waals surface area contributed by atoms with Gasteiger partial charge in [-0.3, -0.25) is 10.5 Å². The number of nitrogens with one attached hydrogen (secondary N) is 1. The lowest BCUT2D eigenvalue weighted by atomic mass is 9.85. The molecule has 0 spiro atoms. The minimum Gasteiger partial charge on any atom is -0.493 e. The first-order valence-electron chi connectivity index (χ1n) is 15.4. The third-order valence-electron chi connectivity index (χ3n) is 8.47. The Bertz CT molecular complexity index is 1730. The SMILES string of the molecule is COc1ccc([C@H](Cc2c(Cl)c[n+](O)cc2Cl)c2cc(CNC(C(=O)OC[C@@H]3CCN(C)C3)c3ccccc3)sc2C(=O)O)cc1OC. The molecule has 2 aromatic carbocycles. The van der Waals surface area contributed by atoms with Gasteiger partial charge in [-0.15, -0.1) is 11.3 Å². The van der Waals surface area contributed by atoms with Crippen LogP contribution in [-0.4, -0.2) is 68.1 Å². The van der Waals surface area contributed by atoms with Crippen molar-refractivity contribution in [3.8, 4) is 11.5 Å². The quantitative estimate of drug-likeness (QED) is 0.0821. The molecular formula is C35H38Cl2N3O7S+. The fraction of sp³-hybridized carbons (Fsp3) is 0.343. The molecule has 13 heteroatoms. The van der Waals surface area contributed by atoms with Crippen molar-refractivity contribution in [2.45, 2.75) is 31.3 Å². The maximum Gasteiger partial charge on any atom is 0.346 e. The lowest BCUT2D eigenvalue weighted by Crippen LogP contribution is -2.31. The number of halogens is 2. The van der Waals surface area contributed by atoms with E-state index in [1.54, 1.807) is 12.1 Å². The van der Waals surface area contributed by atoms with Gasteiger partial charge in [-0.2, -0.15) is 0 Å². The molecule has 4 aromatic rings. The van der Waals surface area contributed by atoms with Gasteiger partial charge in [0, 0.05) is 40.1 Å². The Morgan fingerprint density at radius 2 is 1.75 bits per heavy atom. The van der Waals surface area contributed by atoms with Crippen LogP contribution in [0.25, 0.3) is 0 Å². The van der Waals surface area contributed by atoms with Crippen molar-refractivity contribution in [1.29, 1.82) is 0 Å². The smallest absolute Gasteiger partial charge is 0.346 e. The number of ether oxygens (including phenoxy) is 3. The van der Waals surface area contributed by atoms with E-state index in [9.17, 15) is 19.9 Å². The summed E-state index contributed by atoms with van der Waals surface area (Å²) in [6.07, 6.45) is 3.84. The number of hydrogen-bond donors (Lipinski definition) is 3. The molecule has 1 aliphatic heterocycles. The normalized spacial score (nSPS) is 16.0. The largest absolute Gasteiger partial charge is 0.493 e. The Kier molecular flexibility index (Phi) is 11.8.